The van der Waals surface area contributed by atoms with Crippen molar-refractivity contribution in [1.82, 2.24) is 4.90 Å². The summed E-state index contributed by atoms with van der Waals surface area (Å²) in [6.07, 6.45) is 3.08. The number of urea groups is 1. The van der Waals surface area contributed by atoms with E-state index in [4.69, 9.17) is 0 Å². The average molecular weight is 339 g/mol. The van der Waals surface area contributed by atoms with Gasteiger partial charge in [0.05, 0.1) is 5.69 Å². The molecule has 132 valence electrons. The number of benzene rings is 2. The molecular formula is C20H25N3O2. The Bertz CT molecular complexity index is 744. The van der Waals surface area contributed by atoms with E-state index in [9.17, 15) is 9.90 Å². The maximum atomic E-state index is 12.1. The van der Waals surface area contributed by atoms with Gasteiger partial charge in [-0.25, -0.2) is 4.79 Å². The quantitative estimate of drug-likeness (QED) is 0.744. The van der Waals surface area contributed by atoms with Crippen LogP contribution >= 0.6 is 0 Å². The SMILES string of the molecule is CN(C)CC1CCc2cc(NC(=O)Nc3ccccc3)c(O)cc2C1. The topological polar surface area (TPSA) is 64.6 Å². The number of hydrogen-bond acceptors (Lipinski definition) is 3. The highest BCUT2D eigenvalue weighted by Gasteiger charge is 2.21. The van der Waals surface area contributed by atoms with Crippen molar-refractivity contribution >= 4 is 17.4 Å². The van der Waals surface area contributed by atoms with Crippen molar-refractivity contribution in [2.75, 3.05) is 31.3 Å². The Balaban J connectivity index is 1.69. The largest absolute Gasteiger partial charge is 0.506 e. The summed E-state index contributed by atoms with van der Waals surface area (Å²) in [4.78, 5) is 14.3. The fourth-order valence-electron chi connectivity index (χ4n) is 3.45. The Morgan fingerprint density at radius 2 is 1.92 bits per heavy atom. The van der Waals surface area contributed by atoms with Crippen LogP contribution < -0.4 is 10.6 Å². The number of nitrogens with zero attached hydrogens (tertiary/aromatic N) is 1. The van der Waals surface area contributed by atoms with Crippen LogP contribution in [0, 0.1) is 5.92 Å². The van der Waals surface area contributed by atoms with Gasteiger partial charge >= 0.3 is 6.03 Å². The number of aromatic hydroxyl groups is 1. The summed E-state index contributed by atoms with van der Waals surface area (Å²) in [5, 5.41) is 15.8. The molecule has 2 aromatic carbocycles. The van der Waals surface area contributed by atoms with Crippen molar-refractivity contribution in [2.24, 2.45) is 5.92 Å². The normalized spacial score (nSPS) is 16.4. The summed E-state index contributed by atoms with van der Waals surface area (Å²) in [5.74, 6) is 0.731. The Morgan fingerprint density at radius 3 is 2.64 bits per heavy atom. The molecule has 0 fully saturated rings. The molecule has 2 amide bonds. The molecule has 5 nitrogen and oxygen atoms in total. The van der Waals surface area contributed by atoms with Gasteiger partial charge in [0, 0.05) is 12.2 Å². The van der Waals surface area contributed by atoms with Gasteiger partial charge in [-0.3, -0.25) is 0 Å². The van der Waals surface area contributed by atoms with E-state index in [-0.39, 0.29) is 11.8 Å². The molecule has 1 atom stereocenters. The molecule has 0 radical (unpaired) electrons. The molecule has 0 saturated heterocycles. The Hall–Kier alpha value is -2.53. The summed E-state index contributed by atoms with van der Waals surface area (Å²) in [6, 6.07) is 12.6. The highest BCUT2D eigenvalue weighted by Crippen LogP contribution is 2.34. The summed E-state index contributed by atoms with van der Waals surface area (Å²) in [7, 11) is 4.18. The number of phenolic OH excluding ortho intramolecular Hbond substituents is 1. The lowest BCUT2D eigenvalue weighted by Gasteiger charge is -2.27. The lowest BCUT2D eigenvalue weighted by molar-refractivity contribution is 0.262. The minimum atomic E-state index is -0.359. The molecular weight excluding hydrogens is 314 g/mol. The van der Waals surface area contributed by atoms with Crippen LogP contribution in [0.1, 0.15) is 17.5 Å². The van der Waals surface area contributed by atoms with E-state index in [0.29, 0.717) is 17.3 Å². The molecule has 0 saturated carbocycles. The van der Waals surface area contributed by atoms with Gasteiger partial charge in [-0.1, -0.05) is 18.2 Å². The Morgan fingerprint density at radius 1 is 1.16 bits per heavy atom. The Kier molecular flexibility index (Phi) is 5.24. The van der Waals surface area contributed by atoms with E-state index < -0.39 is 0 Å². The van der Waals surface area contributed by atoms with E-state index in [1.807, 2.05) is 36.4 Å². The van der Waals surface area contributed by atoms with Gasteiger partial charge in [-0.05, 0) is 74.7 Å². The number of carbonyl (C=O) groups is 1. The van der Waals surface area contributed by atoms with E-state index in [1.165, 1.54) is 11.1 Å². The van der Waals surface area contributed by atoms with Gasteiger partial charge in [-0.15, -0.1) is 0 Å². The zero-order valence-electron chi connectivity index (χ0n) is 14.7. The average Bonchev–Trinajstić information content (AvgIpc) is 2.56. The van der Waals surface area contributed by atoms with Gasteiger partial charge in [0.15, 0.2) is 0 Å². The second-order valence-corrected chi connectivity index (χ2v) is 6.95. The number of rotatable bonds is 4. The predicted octanol–water partition coefficient (Wildman–Crippen LogP) is 3.70. The third-order valence-electron chi connectivity index (χ3n) is 4.55. The number of anilines is 2. The molecule has 0 spiro atoms. The van der Waals surface area contributed by atoms with Crippen molar-refractivity contribution in [2.45, 2.75) is 19.3 Å². The van der Waals surface area contributed by atoms with Crippen LogP contribution in [-0.4, -0.2) is 36.7 Å². The number of carbonyl (C=O) groups excluding carboxylic acids is 1. The number of fused-ring (bicyclic) bond motifs is 1. The standard InChI is InChI=1S/C20H25N3O2/c1-23(2)13-14-8-9-15-11-18(19(24)12-16(15)10-14)22-20(25)21-17-6-4-3-5-7-17/h3-7,11-12,14,24H,8-10,13H2,1-2H3,(H2,21,22,25). The van der Waals surface area contributed by atoms with Crippen molar-refractivity contribution in [3.8, 4) is 5.75 Å². The highest BCUT2D eigenvalue weighted by atomic mass is 16.3. The summed E-state index contributed by atoms with van der Waals surface area (Å²) >= 11 is 0. The third-order valence-corrected chi connectivity index (χ3v) is 4.55. The molecule has 0 bridgehead atoms. The van der Waals surface area contributed by atoms with Gasteiger partial charge in [0.1, 0.15) is 5.75 Å². The Labute approximate surface area is 148 Å². The van der Waals surface area contributed by atoms with Gasteiger partial charge in [0.2, 0.25) is 0 Å². The first-order valence-electron chi connectivity index (χ1n) is 8.64. The predicted molar refractivity (Wildman–Crippen MR) is 101 cm³/mol. The summed E-state index contributed by atoms with van der Waals surface area (Å²) in [5.41, 5.74) is 3.56. The smallest absolute Gasteiger partial charge is 0.323 e. The second kappa shape index (κ2) is 7.57. The number of hydrogen-bond donors (Lipinski definition) is 3. The fraction of sp³-hybridized carbons (Fsp3) is 0.350. The first-order valence-corrected chi connectivity index (χ1v) is 8.64. The van der Waals surface area contributed by atoms with Crippen molar-refractivity contribution < 1.29 is 9.90 Å². The number of amides is 2. The minimum Gasteiger partial charge on any atom is -0.506 e. The van der Waals surface area contributed by atoms with Crippen LogP contribution in [0.2, 0.25) is 0 Å². The lowest BCUT2D eigenvalue weighted by atomic mass is 9.83. The van der Waals surface area contributed by atoms with Crippen molar-refractivity contribution in [3.05, 3.63) is 53.6 Å². The minimum absolute atomic E-state index is 0.118. The zero-order valence-corrected chi connectivity index (χ0v) is 14.7. The fourth-order valence-corrected chi connectivity index (χ4v) is 3.45. The summed E-state index contributed by atoms with van der Waals surface area (Å²) in [6.45, 7) is 1.06. The van der Waals surface area contributed by atoms with E-state index in [0.717, 1.165) is 25.8 Å². The monoisotopic (exact) mass is 339 g/mol. The molecule has 0 heterocycles. The third kappa shape index (κ3) is 4.51. The van der Waals surface area contributed by atoms with Crippen LogP contribution in [0.15, 0.2) is 42.5 Å². The van der Waals surface area contributed by atoms with Crippen LogP contribution in [0.3, 0.4) is 0 Å². The maximum absolute atomic E-state index is 12.1. The molecule has 0 aromatic heterocycles. The molecule has 25 heavy (non-hydrogen) atoms. The first kappa shape index (κ1) is 17.3. The number of aryl methyl sites for hydroxylation is 1. The molecule has 1 aliphatic carbocycles. The maximum Gasteiger partial charge on any atom is 0.323 e. The van der Waals surface area contributed by atoms with Gasteiger partial charge < -0.3 is 20.6 Å². The lowest BCUT2D eigenvalue weighted by Crippen LogP contribution is -2.26. The molecule has 5 heteroatoms. The van der Waals surface area contributed by atoms with Crippen LogP contribution in [0.5, 0.6) is 5.75 Å². The highest BCUT2D eigenvalue weighted by molar-refractivity contribution is 6.00. The second-order valence-electron chi connectivity index (χ2n) is 6.95. The van der Waals surface area contributed by atoms with Crippen LogP contribution in [-0.2, 0) is 12.8 Å². The number of phenols is 1. The van der Waals surface area contributed by atoms with Crippen molar-refractivity contribution in [1.29, 1.82) is 0 Å². The molecule has 3 N–H and O–H groups in total. The van der Waals surface area contributed by atoms with Crippen LogP contribution in [0.4, 0.5) is 16.2 Å². The zero-order chi connectivity index (χ0) is 17.8. The van der Waals surface area contributed by atoms with Crippen molar-refractivity contribution in [3.63, 3.8) is 0 Å². The van der Waals surface area contributed by atoms with E-state index in [2.05, 4.69) is 29.6 Å². The molecule has 1 unspecified atom stereocenters. The molecule has 0 aliphatic heterocycles. The molecule has 3 rings (SSSR count). The van der Waals surface area contributed by atoms with Gasteiger partial charge in [-0.2, -0.15) is 0 Å². The van der Waals surface area contributed by atoms with E-state index in [1.54, 1.807) is 6.07 Å². The number of nitrogens with one attached hydrogen (secondary N) is 2. The van der Waals surface area contributed by atoms with Gasteiger partial charge in [0.25, 0.3) is 0 Å². The first-order chi connectivity index (χ1) is 12.0. The number of para-hydroxylation sites is 1. The molecule has 1 aliphatic rings. The summed E-state index contributed by atoms with van der Waals surface area (Å²) < 4.78 is 0. The molecule has 2 aromatic rings. The van der Waals surface area contributed by atoms with E-state index >= 15 is 0 Å². The van der Waals surface area contributed by atoms with Crippen LogP contribution in [0.25, 0.3) is 0 Å².